The van der Waals surface area contributed by atoms with Gasteiger partial charge in [-0.15, -0.1) is 0 Å². The van der Waals surface area contributed by atoms with E-state index in [0.717, 1.165) is 0 Å². The van der Waals surface area contributed by atoms with E-state index in [1.54, 1.807) is 0 Å². The molecule has 0 spiro atoms. The zero-order valence-corrected chi connectivity index (χ0v) is 7.05. The van der Waals surface area contributed by atoms with Crippen LogP contribution in [-0.2, 0) is 4.74 Å². The van der Waals surface area contributed by atoms with Gasteiger partial charge in [0.05, 0.1) is 25.4 Å². The van der Waals surface area contributed by atoms with Gasteiger partial charge in [-0.2, -0.15) is 0 Å². The third kappa shape index (κ3) is 4.63. The standard InChI is InChI=1S/C7H16O5/c1-12-4-7(11)6(10)2-5(9)3-8/h5-11H,2-4H2,1H3/t5-,6+,7+/m0/s1. The number of aliphatic hydroxyl groups is 4. The summed E-state index contributed by atoms with van der Waals surface area (Å²) in [6.45, 7) is -0.407. The number of hydrogen-bond acceptors (Lipinski definition) is 5. The van der Waals surface area contributed by atoms with Crippen molar-refractivity contribution in [3.8, 4) is 0 Å². The molecule has 74 valence electrons. The van der Waals surface area contributed by atoms with Crippen molar-refractivity contribution in [2.45, 2.75) is 24.7 Å². The normalized spacial score (nSPS) is 18.8. The molecule has 0 rings (SSSR count). The maximum atomic E-state index is 9.15. The summed E-state index contributed by atoms with van der Waals surface area (Å²) < 4.78 is 4.59. The van der Waals surface area contributed by atoms with Crippen LogP contribution in [0.5, 0.6) is 0 Å². The van der Waals surface area contributed by atoms with E-state index < -0.39 is 24.9 Å². The highest BCUT2D eigenvalue weighted by Gasteiger charge is 2.19. The van der Waals surface area contributed by atoms with Gasteiger partial charge in [-0.3, -0.25) is 0 Å². The summed E-state index contributed by atoms with van der Waals surface area (Å²) >= 11 is 0. The fourth-order valence-corrected chi connectivity index (χ4v) is 0.792. The van der Waals surface area contributed by atoms with Gasteiger partial charge in [-0.05, 0) is 0 Å². The second-order valence-electron chi connectivity index (χ2n) is 2.66. The molecule has 0 amide bonds. The molecule has 5 nitrogen and oxygen atoms in total. The predicted molar refractivity (Wildman–Crippen MR) is 41.6 cm³/mol. The number of methoxy groups -OCH3 is 1. The van der Waals surface area contributed by atoms with Crippen LogP contribution in [-0.4, -0.2) is 59.1 Å². The monoisotopic (exact) mass is 180 g/mol. The van der Waals surface area contributed by atoms with E-state index in [1.807, 2.05) is 0 Å². The SMILES string of the molecule is COC[C@@H](O)[C@H](O)C[C@H](O)CO. The van der Waals surface area contributed by atoms with E-state index in [9.17, 15) is 0 Å². The molecule has 0 bridgehead atoms. The Hall–Kier alpha value is -0.200. The lowest BCUT2D eigenvalue weighted by Crippen LogP contribution is -2.34. The van der Waals surface area contributed by atoms with Crippen LogP contribution in [0, 0.1) is 0 Å². The number of hydrogen-bond donors (Lipinski definition) is 4. The Morgan fingerprint density at radius 2 is 1.75 bits per heavy atom. The summed E-state index contributed by atoms with van der Waals surface area (Å²) in [6, 6.07) is 0. The molecule has 0 aromatic rings. The van der Waals surface area contributed by atoms with Crippen molar-refractivity contribution >= 4 is 0 Å². The van der Waals surface area contributed by atoms with Crippen LogP contribution in [0.2, 0.25) is 0 Å². The fraction of sp³-hybridized carbons (Fsp3) is 1.00. The largest absolute Gasteiger partial charge is 0.394 e. The average molecular weight is 180 g/mol. The molecule has 0 heterocycles. The van der Waals surface area contributed by atoms with Crippen LogP contribution in [0.4, 0.5) is 0 Å². The summed E-state index contributed by atoms with van der Waals surface area (Å²) in [5.74, 6) is 0. The second-order valence-corrected chi connectivity index (χ2v) is 2.66. The Balaban J connectivity index is 3.62. The van der Waals surface area contributed by atoms with Crippen molar-refractivity contribution in [2.24, 2.45) is 0 Å². The molecule has 0 aromatic carbocycles. The van der Waals surface area contributed by atoms with Gasteiger partial charge in [-0.1, -0.05) is 0 Å². The van der Waals surface area contributed by atoms with Crippen molar-refractivity contribution < 1.29 is 25.2 Å². The minimum Gasteiger partial charge on any atom is -0.394 e. The Morgan fingerprint density at radius 3 is 2.17 bits per heavy atom. The zero-order valence-electron chi connectivity index (χ0n) is 7.05. The van der Waals surface area contributed by atoms with Gasteiger partial charge in [0.1, 0.15) is 6.10 Å². The molecule has 0 aliphatic heterocycles. The lowest BCUT2D eigenvalue weighted by Gasteiger charge is -2.18. The minimum absolute atomic E-state index is 0.0132. The van der Waals surface area contributed by atoms with E-state index in [1.165, 1.54) is 7.11 Å². The lowest BCUT2D eigenvalue weighted by atomic mass is 10.1. The quantitative estimate of drug-likeness (QED) is 0.383. The van der Waals surface area contributed by atoms with Gasteiger partial charge in [0.2, 0.25) is 0 Å². The Bertz CT molecular complexity index is 108. The van der Waals surface area contributed by atoms with Crippen LogP contribution in [0.3, 0.4) is 0 Å². The van der Waals surface area contributed by atoms with Gasteiger partial charge in [0.25, 0.3) is 0 Å². The summed E-state index contributed by atoms with van der Waals surface area (Å²) in [5, 5.41) is 35.5. The van der Waals surface area contributed by atoms with E-state index in [4.69, 9.17) is 20.4 Å². The van der Waals surface area contributed by atoms with E-state index in [0.29, 0.717) is 0 Å². The lowest BCUT2D eigenvalue weighted by molar-refractivity contribution is -0.0514. The molecule has 0 radical (unpaired) electrons. The van der Waals surface area contributed by atoms with E-state index in [2.05, 4.69) is 4.74 Å². The highest BCUT2D eigenvalue weighted by Crippen LogP contribution is 2.03. The van der Waals surface area contributed by atoms with Gasteiger partial charge < -0.3 is 25.2 Å². The summed E-state index contributed by atoms with van der Waals surface area (Å²) in [4.78, 5) is 0. The predicted octanol–water partition coefficient (Wildman–Crippen LogP) is -1.90. The molecule has 0 aromatic heterocycles. The molecule has 4 N–H and O–H groups in total. The molecular formula is C7H16O5. The minimum atomic E-state index is -1.06. The van der Waals surface area contributed by atoms with Crippen LogP contribution in [0.1, 0.15) is 6.42 Å². The molecule has 12 heavy (non-hydrogen) atoms. The van der Waals surface area contributed by atoms with Crippen LogP contribution in [0.15, 0.2) is 0 Å². The first-order valence-corrected chi connectivity index (χ1v) is 3.75. The summed E-state index contributed by atoms with van der Waals surface area (Å²) in [5.41, 5.74) is 0. The Morgan fingerprint density at radius 1 is 1.17 bits per heavy atom. The third-order valence-electron chi connectivity index (χ3n) is 1.51. The number of ether oxygens (including phenoxy) is 1. The molecule has 0 saturated heterocycles. The van der Waals surface area contributed by atoms with Crippen LogP contribution < -0.4 is 0 Å². The fourth-order valence-electron chi connectivity index (χ4n) is 0.792. The maximum Gasteiger partial charge on any atom is 0.103 e. The van der Waals surface area contributed by atoms with Crippen molar-refractivity contribution in [1.82, 2.24) is 0 Å². The number of rotatable bonds is 6. The van der Waals surface area contributed by atoms with Crippen molar-refractivity contribution in [2.75, 3.05) is 20.3 Å². The summed E-state index contributed by atoms with van der Waals surface area (Å²) in [7, 11) is 1.40. The topological polar surface area (TPSA) is 90.2 Å². The van der Waals surface area contributed by atoms with E-state index in [-0.39, 0.29) is 13.0 Å². The first-order valence-electron chi connectivity index (χ1n) is 3.75. The van der Waals surface area contributed by atoms with Crippen LogP contribution in [0.25, 0.3) is 0 Å². The van der Waals surface area contributed by atoms with Crippen molar-refractivity contribution in [1.29, 1.82) is 0 Å². The van der Waals surface area contributed by atoms with Crippen molar-refractivity contribution in [3.05, 3.63) is 0 Å². The van der Waals surface area contributed by atoms with Crippen LogP contribution >= 0.6 is 0 Å². The smallest absolute Gasteiger partial charge is 0.103 e. The molecule has 0 saturated carbocycles. The molecule has 0 unspecified atom stereocenters. The van der Waals surface area contributed by atoms with Gasteiger partial charge in [-0.25, -0.2) is 0 Å². The zero-order chi connectivity index (χ0) is 9.56. The van der Waals surface area contributed by atoms with Gasteiger partial charge in [0, 0.05) is 13.5 Å². The first-order chi connectivity index (χ1) is 5.61. The highest BCUT2D eigenvalue weighted by atomic mass is 16.5. The first kappa shape index (κ1) is 11.8. The second kappa shape index (κ2) is 6.33. The summed E-state index contributed by atoms with van der Waals surface area (Å²) in [6.07, 6.45) is -3.13. The highest BCUT2D eigenvalue weighted by molar-refractivity contribution is 4.70. The van der Waals surface area contributed by atoms with Crippen molar-refractivity contribution in [3.63, 3.8) is 0 Å². The molecule has 3 atom stereocenters. The van der Waals surface area contributed by atoms with E-state index >= 15 is 0 Å². The molecule has 0 fully saturated rings. The molecule has 0 aliphatic rings. The average Bonchev–Trinajstić information content (AvgIpc) is 2.04. The number of aliphatic hydroxyl groups excluding tert-OH is 4. The molecular weight excluding hydrogens is 164 g/mol. The van der Waals surface area contributed by atoms with Gasteiger partial charge >= 0.3 is 0 Å². The maximum absolute atomic E-state index is 9.15. The third-order valence-corrected chi connectivity index (χ3v) is 1.51. The van der Waals surface area contributed by atoms with Gasteiger partial charge in [0.15, 0.2) is 0 Å². The Labute approximate surface area is 71.2 Å². The molecule has 0 aliphatic carbocycles. The molecule has 5 heteroatoms. The Kier molecular flexibility index (Phi) is 6.23.